The Labute approximate surface area is 165 Å². The molecule has 28 heavy (non-hydrogen) atoms. The van der Waals surface area contributed by atoms with Crippen LogP contribution in [0.1, 0.15) is 29.9 Å². The minimum atomic E-state index is -0.674. The average Bonchev–Trinajstić information content (AvgIpc) is 3.05. The van der Waals surface area contributed by atoms with Gasteiger partial charge in [0, 0.05) is 24.0 Å². The van der Waals surface area contributed by atoms with Crippen LogP contribution in [-0.2, 0) is 6.54 Å². The molecule has 0 bridgehead atoms. The number of para-hydroxylation sites is 1. The molecule has 0 aliphatic carbocycles. The molecule has 0 aliphatic heterocycles. The van der Waals surface area contributed by atoms with Crippen LogP contribution in [0.25, 0.3) is 11.0 Å². The van der Waals surface area contributed by atoms with Crippen LogP contribution >= 0.6 is 0 Å². The summed E-state index contributed by atoms with van der Waals surface area (Å²) in [6.07, 6.45) is -0.674. The van der Waals surface area contributed by atoms with Gasteiger partial charge >= 0.3 is 0 Å². The molecule has 0 amide bonds. The SMILES string of the molecule is CCNC(=NCc1oc2ccccc2c1C)NCC(O)c1cccc(OC)c1. The van der Waals surface area contributed by atoms with E-state index in [0.29, 0.717) is 19.0 Å². The second kappa shape index (κ2) is 9.28. The van der Waals surface area contributed by atoms with E-state index in [1.807, 2.05) is 56.3 Å². The number of rotatable bonds is 7. The zero-order valence-electron chi connectivity index (χ0n) is 16.5. The van der Waals surface area contributed by atoms with E-state index in [4.69, 9.17) is 9.15 Å². The first-order valence-corrected chi connectivity index (χ1v) is 9.43. The van der Waals surface area contributed by atoms with Crippen molar-refractivity contribution in [3.63, 3.8) is 0 Å². The van der Waals surface area contributed by atoms with E-state index in [9.17, 15) is 5.11 Å². The van der Waals surface area contributed by atoms with Crippen LogP contribution in [-0.4, -0.2) is 31.3 Å². The normalized spacial score (nSPS) is 12.8. The smallest absolute Gasteiger partial charge is 0.191 e. The van der Waals surface area contributed by atoms with Crippen molar-refractivity contribution in [2.45, 2.75) is 26.5 Å². The second-order valence-corrected chi connectivity index (χ2v) is 6.51. The molecule has 0 saturated carbocycles. The molecule has 1 unspecified atom stereocenters. The van der Waals surface area contributed by atoms with Crippen LogP contribution in [0, 0.1) is 6.92 Å². The van der Waals surface area contributed by atoms with Gasteiger partial charge in [0.25, 0.3) is 0 Å². The standard InChI is InChI=1S/C22H27N3O3/c1-4-23-22(24-13-19(26)16-8-7-9-17(12-16)27-3)25-14-21-15(2)18-10-5-6-11-20(18)28-21/h5-12,19,26H,4,13-14H2,1-3H3,(H2,23,24,25). The zero-order chi connectivity index (χ0) is 19.9. The van der Waals surface area contributed by atoms with Crippen molar-refractivity contribution in [2.24, 2.45) is 4.99 Å². The molecule has 1 heterocycles. The fraction of sp³-hybridized carbons (Fsp3) is 0.318. The molecule has 3 N–H and O–H groups in total. The first-order valence-electron chi connectivity index (χ1n) is 9.43. The summed E-state index contributed by atoms with van der Waals surface area (Å²) < 4.78 is 11.1. The highest BCUT2D eigenvalue weighted by Gasteiger charge is 2.11. The third kappa shape index (κ3) is 4.64. The molecule has 6 heteroatoms. The van der Waals surface area contributed by atoms with Crippen molar-refractivity contribution in [2.75, 3.05) is 20.2 Å². The van der Waals surface area contributed by atoms with Gasteiger partial charge in [-0.25, -0.2) is 4.99 Å². The van der Waals surface area contributed by atoms with Gasteiger partial charge in [-0.2, -0.15) is 0 Å². The summed E-state index contributed by atoms with van der Waals surface area (Å²) in [5.41, 5.74) is 2.76. The number of aryl methyl sites for hydroxylation is 1. The number of methoxy groups -OCH3 is 1. The highest BCUT2D eigenvalue weighted by Crippen LogP contribution is 2.25. The maximum absolute atomic E-state index is 10.5. The van der Waals surface area contributed by atoms with Crippen LogP contribution in [0.3, 0.4) is 0 Å². The number of nitrogens with zero attached hydrogens (tertiary/aromatic N) is 1. The third-order valence-corrected chi connectivity index (χ3v) is 4.61. The third-order valence-electron chi connectivity index (χ3n) is 4.61. The number of nitrogens with one attached hydrogen (secondary N) is 2. The van der Waals surface area contributed by atoms with Gasteiger partial charge in [0.1, 0.15) is 23.6 Å². The molecule has 148 valence electrons. The number of aliphatic imine (C=N–C) groups is 1. The fourth-order valence-electron chi connectivity index (χ4n) is 3.03. The van der Waals surface area contributed by atoms with E-state index in [-0.39, 0.29) is 0 Å². The van der Waals surface area contributed by atoms with Gasteiger partial charge in [0.2, 0.25) is 0 Å². The summed E-state index contributed by atoms with van der Waals surface area (Å²) in [5.74, 6) is 2.19. The molecular weight excluding hydrogens is 354 g/mol. The van der Waals surface area contributed by atoms with E-state index < -0.39 is 6.10 Å². The zero-order valence-corrected chi connectivity index (χ0v) is 16.5. The van der Waals surface area contributed by atoms with Crippen molar-refractivity contribution < 1.29 is 14.3 Å². The maximum atomic E-state index is 10.5. The summed E-state index contributed by atoms with van der Waals surface area (Å²) in [6.45, 7) is 5.52. The van der Waals surface area contributed by atoms with Crippen molar-refractivity contribution in [1.29, 1.82) is 0 Å². The number of benzene rings is 2. The van der Waals surface area contributed by atoms with Crippen LogP contribution in [0.4, 0.5) is 0 Å². The molecule has 0 radical (unpaired) electrons. The van der Waals surface area contributed by atoms with Gasteiger partial charge in [-0.3, -0.25) is 0 Å². The van der Waals surface area contributed by atoms with Crippen LogP contribution in [0.5, 0.6) is 5.75 Å². The fourth-order valence-corrected chi connectivity index (χ4v) is 3.03. The summed E-state index contributed by atoms with van der Waals surface area (Å²) in [4.78, 5) is 4.60. The Kier molecular flexibility index (Phi) is 6.55. The monoisotopic (exact) mass is 381 g/mol. The number of hydrogen-bond acceptors (Lipinski definition) is 4. The molecule has 0 saturated heterocycles. The first kappa shape index (κ1) is 19.8. The molecule has 1 atom stereocenters. The minimum absolute atomic E-state index is 0.331. The van der Waals surface area contributed by atoms with Gasteiger partial charge in [-0.1, -0.05) is 30.3 Å². The Balaban J connectivity index is 1.67. The number of aliphatic hydroxyl groups is 1. The minimum Gasteiger partial charge on any atom is -0.497 e. The number of ether oxygens (including phenoxy) is 1. The molecule has 2 aromatic carbocycles. The Morgan fingerprint density at radius 3 is 2.75 bits per heavy atom. The van der Waals surface area contributed by atoms with Crippen molar-refractivity contribution in [3.05, 3.63) is 65.4 Å². The van der Waals surface area contributed by atoms with Crippen molar-refractivity contribution >= 4 is 16.9 Å². The summed E-state index contributed by atoms with van der Waals surface area (Å²) in [7, 11) is 1.61. The van der Waals surface area contributed by atoms with Gasteiger partial charge in [0.05, 0.1) is 13.2 Å². The average molecular weight is 381 g/mol. The lowest BCUT2D eigenvalue weighted by molar-refractivity contribution is 0.180. The van der Waals surface area contributed by atoms with Crippen LogP contribution in [0.15, 0.2) is 57.9 Å². The number of furan rings is 1. The van der Waals surface area contributed by atoms with Crippen molar-refractivity contribution in [1.82, 2.24) is 10.6 Å². The predicted molar refractivity (Wildman–Crippen MR) is 112 cm³/mol. The molecule has 3 rings (SSSR count). The van der Waals surface area contributed by atoms with Crippen LogP contribution < -0.4 is 15.4 Å². The lowest BCUT2D eigenvalue weighted by Gasteiger charge is -2.16. The quantitative estimate of drug-likeness (QED) is 0.431. The Hall–Kier alpha value is -2.99. The van der Waals surface area contributed by atoms with E-state index in [0.717, 1.165) is 40.2 Å². The predicted octanol–water partition coefficient (Wildman–Crippen LogP) is 3.54. The first-order chi connectivity index (χ1) is 13.6. The summed E-state index contributed by atoms with van der Waals surface area (Å²) >= 11 is 0. The van der Waals surface area contributed by atoms with E-state index in [1.165, 1.54) is 0 Å². The molecule has 3 aromatic rings. The molecule has 0 fully saturated rings. The van der Waals surface area contributed by atoms with Gasteiger partial charge in [0.15, 0.2) is 5.96 Å². The van der Waals surface area contributed by atoms with Crippen LogP contribution in [0.2, 0.25) is 0 Å². The highest BCUT2D eigenvalue weighted by molar-refractivity contribution is 5.82. The topological polar surface area (TPSA) is 79.0 Å². The Bertz CT molecular complexity index is 949. The number of hydrogen-bond donors (Lipinski definition) is 3. The molecule has 1 aromatic heterocycles. The van der Waals surface area contributed by atoms with Gasteiger partial charge in [-0.05, 0) is 37.6 Å². The lowest BCUT2D eigenvalue weighted by Crippen LogP contribution is -2.39. The molecule has 0 spiro atoms. The highest BCUT2D eigenvalue weighted by atomic mass is 16.5. The lowest BCUT2D eigenvalue weighted by atomic mass is 10.1. The van der Waals surface area contributed by atoms with Gasteiger partial charge in [-0.15, -0.1) is 0 Å². The Morgan fingerprint density at radius 1 is 1.18 bits per heavy atom. The molecule has 6 nitrogen and oxygen atoms in total. The Morgan fingerprint density at radius 2 is 2.00 bits per heavy atom. The number of fused-ring (bicyclic) bond motifs is 1. The van der Waals surface area contributed by atoms with E-state index in [1.54, 1.807) is 7.11 Å². The van der Waals surface area contributed by atoms with E-state index in [2.05, 4.69) is 21.7 Å². The van der Waals surface area contributed by atoms with Crippen molar-refractivity contribution in [3.8, 4) is 5.75 Å². The summed E-state index contributed by atoms with van der Waals surface area (Å²) in [5, 5.41) is 18.0. The maximum Gasteiger partial charge on any atom is 0.191 e. The largest absolute Gasteiger partial charge is 0.497 e. The molecular formula is C22H27N3O3. The molecule has 0 aliphatic rings. The number of guanidine groups is 1. The summed E-state index contributed by atoms with van der Waals surface area (Å²) in [6, 6.07) is 15.4. The second-order valence-electron chi connectivity index (χ2n) is 6.51. The van der Waals surface area contributed by atoms with E-state index >= 15 is 0 Å². The van der Waals surface area contributed by atoms with Gasteiger partial charge < -0.3 is 24.9 Å². The number of aliphatic hydroxyl groups excluding tert-OH is 1.